The Kier molecular flexibility index (Phi) is 2.73. The smallest absolute Gasteiger partial charge is 0.297 e. The van der Waals surface area contributed by atoms with Crippen LogP contribution in [0.3, 0.4) is 0 Å². The van der Waals surface area contributed by atoms with Gasteiger partial charge in [0.2, 0.25) is 0 Å². The van der Waals surface area contributed by atoms with Gasteiger partial charge in [0.05, 0.1) is 24.2 Å². The van der Waals surface area contributed by atoms with Crippen molar-refractivity contribution >= 4 is 11.0 Å². The van der Waals surface area contributed by atoms with E-state index in [-0.39, 0.29) is 6.10 Å². The Morgan fingerprint density at radius 3 is 3.24 bits per heavy atom. The Morgan fingerprint density at radius 2 is 2.35 bits per heavy atom. The van der Waals surface area contributed by atoms with E-state index < -0.39 is 0 Å². The number of para-hydroxylation sites is 2. The van der Waals surface area contributed by atoms with Crippen LogP contribution >= 0.6 is 0 Å². The molecule has 17 heavy (non-hydrogen) atoms. The highest BCUT2D eigenvalue weighted by molar-refractivity contribution is 5.76. The van der Waals surface area contributed by atoms with Gasteiger partial charge in [-0.05, 0) is 18.6 Å². The van der Waals surface area contributed by atoms with Crippen LogP contribution in [0.2, 0.25) is 0 Å². The second-order valence-electron chi connectivity index (χ2n) is 4.31. The normalized spacial score (nSPS) is 18.3. The van der Waals surface area contributed by atoms with Gasteiger partial charge in [-0.2, -0.15) is 4.98 Å². The molecule has 0 saturated carbocycles. The highest BCUT2D eigenvalue weighted by atomic mass is 16.5. The van der Waals surface area contributed by atoms with E-state index in [2.05, 4.69) is 22.5 Å². The lowest BCUT2D eigenvalue weighted by Gasteiger charge is -2.09. The van der Waals surface area contributed by atoms with Gasteiger partial charge in [0.15, 0.2) is 0 Å². The van der Waals surface area contributed by atoms with Crippen LogP contribution in [0.1, 0.15) is 13.3 Å². The molecule has 4 nitrogen and oxygen atoms in total. The summed E-state index contributed by atoms with van der Waals surface area (Å²) in [6, 6.07) is 8.82. The molecule has 1 atom stereocenters. The third-order valence-corrected chi connectivity index (χ3v) is 2.93. The Morgan fingerprint density at radius 1 is 1.47 bits per heavy atom. The summed E-state index contributed by atoms with van der Waals surface area (Å²) >= 11 is 0. The summed E-state index contributed by atoms with van der Waals surface area (Å²) < 4.78 is 13.4. The molecule has 1 aliphatic heterocycles. The first-order chi connectivity index (χ1) is 8.38. The standard InChI is InChI=1S/C13H16N2O2/c1-2-7-16-9-10-8-15-12-6-4-3-5-11(12)14-13(15)17-10/h3-6,10H,2,7-9H2,1H3. The number of fused-ring (bicyclic) bond motifs is 3. The first kappa shape index (κ1) is 10.6. The molecule has 0 N–H and O–H groups in total. The number of aromatic nitrogens is 2. The third kappa shape index (κ3) is 1.89. The fourth-order valence-corrected chi connectivity index (χ4v) is 2.16. The third-order valence-electron chi connectivity index (χ3n) is 2.93. The summed E-state index contributed by atoms with van der Waals surface area (Å²) in [5.74, 6) is 0. The van der Waals surface area contributed by atoms with Gasteiger partial charge in [0.1, 0.15) is 6.10 Å². The van der Waals surface area contributed by atoms with Gasteiger partial charge in [-0.25, -0.2) is 0 Å². The highest BCUT2D eigenvalue weighted by Gasteiger charge is 2.26. The molecule has 0 saturated heterocycles. The minimum atomic E-state index is 0.105. The van der Waals surface area contributed by atoms with Crippen LogP contribution in [0.4, 0.5) is 0 Å². The molecule has 4 heteroatoms. The van der Waals surface area contributed by atoms with Crippen LogP contribution in [-0.4, -0.2) is 28.9 Å². The first-order valence-electron chi connectivity index (χ1n) is 6.08. The lowest BCUT2D eigenvalue weighted by atomic mass is 10.3. The van der Waals surface area contributed by atoms with Crippen molar-refractivity contribution < 1.29 is 9.47 Å². The molecule has 3 rings (SSSR count). The number of nitrogens with zero attached hydrogens (tertiary/aromatic N) is 2. The van der Waals surface area contributed by atoms with Crippen molar-refractivity contribution in [2.45, 2.75) is 26.0 Å². The van der Waals surface area contributed by atoms with Gasteiger partial charge >= 0.3 is 0 Å². The van der Waals surface area contributed by atoms with Gasteiger partial charge in [0, 0.05) is 6.61 Å². The molecule has 2 aromatic rings. The predicted octanol–water partition coefficient (Wildman–Crippen LogP) is 2.22. The van der Waals surface area contributed by atoms with E-state index in [4.69, 9.17) is 9.47 Å². The molecule has 0 bridgehead atoms. The zero-order valence-corrected chi connectivity index (χ0v) is 9.93. The maximum absolute atomic E-state index is 5.77. The minimum Gasteiger partial charge on any atom is -0.457 e. The van der Waals surface area contributed by atoms with E-state index in [0.717, 1.165) is 36.6 Å². The lowest BCUT2D eigenvalue weighted by molar-refractivity contribution is 0.0585. The van der Waals surface area contributed by atoms with Gasteiger partial charge in [0.25, 0.3) is 6.01 Å². The molecular weight excluding hydrogens is 216 g/mol. The zero-order chi connectivity index (χ0) is 11.7. The largest absolute Gasteiger partial charge is 0.457 e. The Hall–Kier alpha value is -1.55. The average Bonchev–Trinajstić information content (AvgIpc) is 2.86. The second kappa shape index (κ2) is 4.37. The molecule has 0 aliphatic carbocycles. The van der Waals surface area contributed by atoms with E-state index in [0.29, 0.717) is 6.61 Å². The van der Waals surface area contributed by atoms with Crippen molar-refractivity contribution in [2.24, 2.45) is 0 Å². The van der Waals surface area contributed by atoms with Crippen molar-refractivity contribution in [3.8, 4) is 6.01 Å². The van der Waals surface area contributed by atoms with Crippen molar-refractivity contribution in [1.29, 1.82) is 0 Å². The summed E-state index contributed by atoms with van der Waals surface area (Å²) in [4.78, 5) is 4.46. The van der Waals surface area contributed by atoms with E-state index in [1.807, 2.05) is 18.2 Å². The van der Waals surface area contributed by atoms with Crippen LogP contribution in [0.15, 0.2) is 24.3 Å². The van der Waals surface area contributed by atoms with Gasteiger partial charge in [-0.15, -0.1) is 0 Å². The number of imidazole rings is 1. The number of rotatable bonds is 4. The van der Waals surface area contributed by atoms with Crippen LogP contribution < -0.4 is 4.74 Å². The summed E-state index contributed by atoms with van der Waals surface area (Å²) in [5, 5.41) is 0. The molecule has 90 valence electrons. The average molecular weight is 232 g/mol. The summed E-state index contributed by atoms with van der Waals surface area (Å²) in [7, 11) is 0. The Labute approximate surface area is 100 Å². The molecule has 0 amide bonds. The fraction of sp³-hybridized carbons (Fsp3) is 0.462. The number of hydrogen-bond acceptors (Lipinski definition) is 3. The monoisotopic (exact) mass is 232 g/mol. The molecular formula is C13H16N2O2. The van der Waals surface area contributed by atoms with Crippen LogP contribution in [-0.2, 0) is 11.3 Å². The van der Waals surface area contributed by atoms with Crippen molar-refractivity contribution in [3.05, 3.63) is 24.3 Å². The van der Waals surface area contributed by atoms with Gasteiger partial charge < -0.3 is 9.47 Å². The molecule has 0 spiro atoms. The number of ether oxygens (including phenoxy) is 2. The molecule has 1 aliphatic rings. The molecule has 0 radical (unpaired) electrons. The SMILES string of the molecule is CCCOCC1Cn2c(nc3ccccc32)O1. The van der Waals surface area contributed by atoms with E-state index in [1.54, 1.807) is 0 Å². The fourth-order valence-electron chi connectivity index (χ4n) is 2.16. The van der Waals surface area contributed by atoms with Crippen molar-refractivity contribution in [3.63, 3.8) is 0 Å². The van der Waals surface area contributed by atoms with E-state index >= 15 is 0 Å². The maximum atomic E-state index is 5.77. The quantitative estimate of drug-likeness (QED) is 0.758. The Balaban J connectivity index is 1.75. The van der Waals surface area contributed by atoms with Crippen LogP contribution in [0.25, 0.3) is 11.0 Å². The van der Waals surface area contributed by atoms with Crippen molar-refractivity contribution in [1.82, 2.24) is 9.55 Å². The molecule has 1 aromatic heterocycles. The minimum absolute atomic E-state index is 0.105. The molecule has 1 aromatic carbocycles. The van der Waals surface area contributed by atoms with Crippen LogP contribution in [0.5, 0.6) is 6.01 Å². The number of hydrogen-bond donors (Lipinski definition) is 0. The predicted molar refractivity (Wildman–Crippen MR) is 65.3 cm³/mol. The summed E-state index contributed by atoms with van der Waals surface area (Å²) in [6.45, 7) is 4.38. The lowest BCUT2D eigenvalue weighted by Crippen LogP contribution is -2.22. The Bertz CT molecular complexity index is 521. The summed E-state index contributed by atoms with van der Waals surface area (Å²) in [6.07, 6.45) is 1.15. The van der Waals surface area contributed by atoms with E-state index in [1.165, 1.54) is 0 Å². The van der Waals surface area contributed by atoms with Crippen molar-refractivity contribution in [2.75, 3.05) is 13.2 Å². The summed E-state index contributed by atoms with van der Waals surface area (Å²) in [5.41, 5.74) is 2.14. The van der Waals surface area contributed by atoms with Gasteiger partial charge in [-0.1, -0.05) is 19.1 Å². The van der Waals surface area contributed by atoms with Gasteiger partial charge in [-0.3, -0.25) is 4.57 Å². The highest BCUT2D eigenvalue weighted by Crippen LogP contribution is 2.27. The second-order valence-corrected chi connectivity index (χ2v) is 4.31. The van der Waals surface area contributed by atoms with Crippen LogP contribution in [0, 0.1) is 0 Å². The molecule has 1 unspecified atom stereocenters. The number of benzene rings is 1. The maximum Gasteiger partial charge on any atom is 0.297 e. The zero-order valence-electron chi connectivity index (χ0n) is 9.93. The molecule has 2 heterocycles. The molecule has 0 fully saturated rings. The van der Waals surface area contributed by atoms with E-state index in [9.17, 15) is 0 Å². The topological polar surface area (TPSA) is 36.3 Å². The first-order valence-corrected chi connectivity index (χ1v) is 6.08.